The maximum absolute atomic E-state index is 14.0. The highest BCUT2D eigenvalue weighted by Crippen LogP contribution is 2.51. The first-order chi connectivity index (χ1) is 20.5. The van der Waals surface area contributed by atoms with Crippen LogP contribution in [-0.4, -0.2) is 61.7 Å². The van der Waals surface area contributed by atoms with Crippen LogP contribution in [0.15, 0.2) is 42.6 Å². The lowest BCUT2D eigenvalue weighted by molar-refractivity contribution is -0.137. The highest BCUT2D eigenvalue weighted by molar-refractivity contribution is 7.53. The van der Waals surface area contributed by atoms with Crippen molar-refractivity contribution in [1.82, 2.24) is 35.5 Å². The maximum Gasteiger partial charge on any atom is 0.421 e. The lowest BCUT2D eigenvalue weighted by Crippen LogP contribution is -2.18. The minimum atomic E-state index is -4.79. The van der Waals surface area contributed by atoms with Crippen molar-refractivity contribution in [3.63, 3.8) is 0 Å². The Kier molecular flexibility index (Phi) is 8.44. The number of hydrogen-bond acceptors (Lipinski definition) is 11. The zero-order valence-corrected chi connectivity index (χ0v) is 24.2. The molecule has 2 aromatic heterocycles. The molecule has 3 N–H and O–H groups in total. The van der Waals surface area contributed by atoms with Crippen molar-refractivity contribution < 1.29 is 31.6 Å². The molecule has 0 unspecified atom stereocenters. The molecule has 43 heavy (non-hydrogen) atoms. The Hall–Kier alpha value is -4.40. The molecule has 0 spiro atoms. The SMILES string of the molecule is CCOP(=O)(Cc1ccc(Nc2ncc(C(F)(F)F)c(Nc3ccc(-c4nn[nH]n4)c4c3C(=O)N(C)C4)n2)cc1)OCC. The molecule has 1 aliphatic heterocycles. The molecule has 0 aliphatic carbocycles. The van der Waals surface area contributed by atoms with Crippen molar-refractivity contribution in [3.05, 3.63) is 64.8 Å². The van der Waals surface area contributed by atoms with E-state index >= 15 is 0 Å². The van der Waals surface area contributed by atoms with E-state index in [0.29, 0.717) is 28.6 Å². The molecule has 4 aromatic rings. The van der Waals surface area contributed by atoms with Gasteiger partial charge in [-0.25, -0.2) is 4.98 Å². The molecule has 1 amide bonds. The van der Waals surface area contributed by atoms with Gasteiger partial charge in [0.2, 0.25) is 11.8 Å². The number of alkyl halides is 3. The van der Waals surface area contributed by atoms with Crippen LogP contribution in [0.5, 0.6) is 0 Å². The number of benzene rings is 2. The first-order valence-corrected chi connectivity index (χ1v) is 14.8. The van der Waals surface area contributed by atoms with Gasteiger partial charge in [0.05, 0.1) is 30.6 Å². The monoisotopic (exact) mass is 617 g/mol. The first kappa shape index (κ1) is 30.1. The minimum absolute atomic E-state index is 0.0591. The van der Waals surface area contributed by atoms with Crippen LogP contribution in [-0.2, 0) is 32.5 Å². The number of fused-ring (bicyclic) bond motifs is 1. The fraction of sp³-hybridized carbons (Fsp3) is 0.308. The molecule has 5 rings (SSSR count). The molecule has 0 bridgehead atoms. The van der Waals surface area contributed by atoms with Gasteiger partial charge in [0.1, 0.15) is 11.4 Å². The molecule has 0 atom stereocenters. The van der Waals surface area contributed by atoms with Gasteiger partial charge in [-0.05, 0) is 54.5 Å². The van der Waals surface area contributed by atoms with E-state index < -0.39 is 25.2 Å². The summed E-state index contributed by atoms with van der Waals surface area (Å²) in [5.74, 6) is -0.809. The van der Waals surface area contributed by atoms with Crippen molar-refractivity contribution in [1.29, 1.82) is 0 Å². The third-order valence-corrected chi connectivity index (χ3v) is 8.50. The Balaban J connectivity index is 1.43. The quantitative estimate of drug-likeness (QED) is 0.182. The van der Waals surface area contributed by atoms with Crippen molar-refractivity contribution in [3.8, 4) is 11.4 Å². The van der Waals surface area contributed by atoms with E-state index in [-0.39, 0.29) is 54.9 Å². The lowest BCUT2D eigenvalue weighted by atomic mass is 10.0. The molecule has 0 fully saturated rings. The van der Waals surface area contributed by atoms with E-state index in [1.807, 2.05) is 0 Å². The van der Waals surface area contributed by atoms with E-state index in [9.17, 15) is 22.5 Å². The van der Waals surface area contributed by atoms with Crippen LogP contribution in [0.1, 0.15) is 40.9 Å². The molecule has 0 saturated heterocycles. The number of nitrogens with zero attached hydrogens (tertiary/aromatic N) is 6. The molecular formula is C26H27F3N9O4P. The topological polar surface area (TPSA) is 160 Å². The molecule has 226 valence electrons. The van der Waals surface area contributed by atoms with E-state index in [2.05, 4.69) is 41.2 Å². The normalized spacial score (nSPS) is 13.3. The number of rotatable bonds is 11. The summed E-state index contributed by atoms with van der Waals surface area (Å²) in [5.41, 5.74) is 1.40. The second-order valence-electron chi connectivity index (χ2n) is 9.42. The molecule has 1 aliphatic rings. The number of nitrogens with one attached hydrogen (secondary N) is 3. The largest absolute Gasteiger partial charge is 0.421 e. The summed E-state index contributed by atoms with van der Waals surface area (Å²) in [4.78, 5) is 22.4. The van der Waals surface area contributed by atoms with Crippen LogP contribution in [0, 0.1) is 0 Å². The summed E-state index contributed by atoms with van der Waals surface area (Å²) >= 11 is 0. The molecule has 3 heterocycles. The smallest absolute Gasteiger partial charge is 0.339 e. The second-order valence-corrected chi connectivity index (χ2v) is 11.5. The molecule has 2 aromatic carbocycles. The number of hydrogen-bond donors (Lipinski definition) is 3. The number of aromatic nitrogens is 6. The molecular weight excluding hydrogens is 590 g/mol. The van der Waals surface area contributed by atoms with Gasteiger partial charge in [0, 0.05) is 31.0 Å². The van der Waals surface area contributed by atoms with Gasteiger partial charge in [0.15, 0.2) is 0 Å². The number of amides is 1. The fourth-order valence-electron chi connectivity index (χ4n) is 4.59. The van der Waals surface area contributed by atoms with E-state index in [4.69, 9.17) is 9.05 Å². The summed E-state index contributed by atoms with van der Waals surface area (Å²) in [6.45, 7) is 4.11. The van der Waals surface area contributed by atoms with Gasteiger partial charge in [-0.3, -0.25) is 9.36 Å². The van der Waals surface area contributed by atoms with Crippen molar-refractivity contribution in [2.45, 2.75) is 32.7 Å². The zero-order chi connectivity index (χ0) is 30.8. The van der Waals surface area contributed by atoms with Crippen molar-refractivity contribution >= 4 is 36.6 Å². The number of anilines is 4. The Morgan fingerprint density at radius 1 is 1.07 bits per heavy atom. The average molecular weight is 618 g/mol. The Morgan fingerprint density at radius 2 is 1.79 bits per heavy atom. The predicted molar refractivity (Wildman–Crippen MR) is 150 cm³/mol. The lowest BCUT2D eigenvalue weighted by Gasteiger charge is -2.17. The molecule has 0 radical (unpaired) electrons. The van der Waals surface area contributed by atoms with Crippen molar-refractivity contribution in [2.24, 2.45) is 0 Å². The molecule has 13 nitrogen and oxygen atoms in total. The molecule has 0 saturated carbocycles. The second kappa shape index (κ2) is 12.1. The van der Waals surface area contributed by atoms with Crippen LogP contribution in [0.3, 0.4) is 0 Å². The van der Waals surface area contributed by atoms with E-state index in [0.717, 1.165) is 0 Å². The zero-order valence-electron chi connectivity index (χ0n) is 23.3. The summed E-state index contributed by atoms with van der Waals surface area (Å²) in [7, 11) is -1.73. The average Bonchev–Trinajstić information content (AvgIpc) is 3.58. The highest BCUT2D eigenvalue weighted by Gasteiger charge is 2.37. The van der Waals surface area contributed by atoms with Crippen molar-refractivity contribution in [2.75, 3.05) is 30.9 Å². The van der Waals surface area contributed by atoms with Crippen LogP contribution in [0.4, 0.5) is 36.3 Å². The van der Waals surface area contributed by atoms with Gasteiger partial charge in [-0.15, -0.1) is 10.2 Å². The summed E-state index contributed by atoms with van der Waals surface area (Å²) in [6.07, 6.45) is -4.07. The number of tetrazole rings is 1. The standard InChI is InChI=1S/C26H27F3N9O4P/c1-4-41-43(40,42-5-2)14-15-6-8-16(9-7-15)31-25-30-12-19(26(27,28)29)23(33-25)32-20-11-10-17(22-34-36-37-35-22)18-13-38(3)24(39)21(18)20/h6-12H,4-5,13-14H2,1-3H3,(H2,30,31,32,33)(H,34,35,36,37). The summed E-state index contributed by atoms with van der Waals surface area (Å²) in [6, 6.07) is 9.73. The van der Waals surface area contributed by atoms with Gasteiger partial charge in [-0.1, -0.05) is 12.1 Å². The third-order valence-electron chi connectivity index (χ3n) is 6.44. The molecule has 17 heteroatoms. The third kappa shape index (κ3) is 6.50. The van der Waals surface area contributed by atoms with Gasteiger partial charge in [0.25, 0.3) is 5.91 Å². The predicted octanol–water partition coefficient (Wildman–Crippen LogP) is 5.51. The van der Waals surface area contributed by atoms with E-state index in [1.54, 1.807) is 51.2 Å². The number of halogens is 3. The van der Waals surface area contributed by atoms with Gasteiger partial charge in [-0.2, -0.15) is 23.4 Å². The first-order valence-electron chi connectivity index (χ1n) is 13.1. The van der Waals surface area contributed by atoms with Crippen LogP contribution in [0.2, 0.25) is 0 Å². The number of carbonyl (C=O) groups is 1. The highest BCUT2D eigenvalue weighted by atomic mass is 31.2. The van der Waals surface area contributed by atoms with Crippen LogP contribution >= 0.6 is 7.60 Å². The summed E-state index contributed by atoms with van der Waals surface area (Å²) < 4.78 is 65.4. The summed E-state index contributed by atoms with van der Waals surface area (Å²) in [5, 5.41) is 19.4. The van der Waals surface area contributed by atoms with Crippen LogP contribution < -0.4 is 10.6 Å². The van der Waals surface area contributed by atoms with Crippen LogP contribution in [0.25, 0.3) is 11.4 Å². The van der Waals surface area contributed by atoms with Gasteiger partial charge < -0.3 is 24.6 Å². The number of carbonyl (C=O) groups excluding carboxylic acids is 1. The number of H-pyrrole nitrogens is 1. The number of aromatic amines is 1. The Labute approximate surface area is 243 Å². The Morgan fingerprint density at radius 3 is 2.42 bits per heavy atom. The fourth-order valence-corrected chi connectivity index (χ4v) is 6.29. The van der Waals surface area contributed by atoms with Gasteiger partial charge >= 0.3 is 13.8 Å². The maximum atomic E-state index is 14.0. The van der Waals surface area contributed by atoms with E-state index in [1.165, 1.54) is 11.0 Å². The Bertz CT molecular complexity index is 1660. The minimum Gasteiger partial charge on any atom is -0.339 e.